The molecule has 31 heavy (non-hydrogen) atoms. The highest BCUT2D eigenvalue weighted by atomic mass is 16.5. The molecule has 164 valence electrons. The van der Waals surface area contributed by atoms with Crippen molar-refractivity contribution >= 4 is 17.5 Å². The Morgan fingerprint density at radius 1 is 1.06 bits per heavy atom. The number of carbonyl (C=O) groups excluding carboxylic acids is 2. The van der Waals surface area contributed by atoms with E-state index in [1.54, 1.807) is 18.3 Å². The summed E-state index contributed by atoms with van der Waals surface area (Å²) in [6, 6.07) is 11.2. The van der Waals surface area contributed by atoms with Crippen LogP contribution in [0.5, 0.6) is 5.75 Å². The molecule has 7 heteroatoms. The molecule has 0 spiro atoms. The van der Waals surface area contributed by atoms with Gasteiger partial charge in [-0.05, 0) is 69.0 Å². The lowest BCUT2D eigenvalue weighted by atomic mass is 10.0. The quantitative estimate of drug-likeness (QED) is 0.774. The van der Waals surface area contributed by atoms with Gasteiger partial charge in [-0.1, -0.05) is 0 Å². The van der Waals surface area contributed by atoms with Gasteiger partial charge < -0.3 is 19.9 Å². The highest BCUT2D eigenvalue weighted by Gasteiger charge is 2.25. The van der Waals surface area contributed by atoms with Crippen LogP contribution in [0.25, 0.3) is 0 Å². The second-order valence-electron chi connectivity index (χ2n) is 8.09. The Bertz CT molecular complexity index is 901. The van der Waals surface area contributed by atoms with E-state index in [-0.39, 0.29) is 17.9 Å². The summed E-state index contributed by atoms with van der Waals surface area (Å²) in [7, 11) is 0. The summed E-state index contributed by atoms with van der Waals surface area (Å²) in [6.45, 7) is 5.85. The maximum Gasteiger partial charge on any atom is 0.270 e. The van der Waals surface area contributed by atoms with E-state index >= 15 is 0 Å². The van der Waals surface area contributed by atoms with Crippen molar-refractivity contribution in [2.75, 3.05) is 37.7 Å². The number of pyridine rings is 1. The Morgan fingerprint density at radius 3 is 2.45 bits per heavy atom. The first kappa shape index (κ1) is 21.2. The summed E-state index contributed by atoms with van der Waals surface area (Å²) in [5, 5.41) is 3.10. The molecular formula is C24H30N4O3. The number of benzene rings is 1. The number of aromatic nitrogens is 1. The summed E-state index contributed by atoms with van der Waals surface area (Å²) in [4.78, 5) is 33.9. The van der Waals surface area contributed by atoms with Crippen molar-refractivity contribution in [3.05, 3.63) is 53.9 Å². The molecule has 2 aliphatic heterocycles. The third kappa shape index (κ3) is 5.16. The zero-order chi connectivity index (χ0) is 21.6. The Kier molecular flexibility index (Phi) is 6.70. The van der Waals surface area contributed by atoms with Crippen LogP contribution in [-0.2, 0) is 0 Å². The van der Waals surface area contributed by atoms with Gasteiger partial charge in [0.15, 0.2) is 0 Å². The standard InChI is InChI=1S/C24H30N4O3/c1-2-31-21-7-5-18(6-8-21)24(30)28-15-10-19(11-16-28)26-23(29)22-17-20(9-12-25-22)27-13-3-4-14-27/h5-9,12,17,19H,2-4,10-11,13-16H2,1H3,(H,26,29). The minimum Gasteiger partial charge on any atom is -0.494 e. The van der Waals surface area contributed by atoms with Gasteiger partial charge in [-0.3, -0.25) is 14.6 Å². The molecule has 1 N–H and O–H groups in total. The second kappa shape index (κ2) is 9.81. The number of hydrogen-bond donors (Lipinski definition) is 1. The molecular weight excluding hydrogens is 392 g/mol. The van der Waals surface area contributed by atoms with Crippen LogP contribution in [0.4, 0.5) is 5.69 Å². The number of piperidine rings is 1. The Balaban J connectivity index is 1.29. The summed E-state index contributed by atoms with van der Waals surface area (Å²) in [5.41, 5.74) is 2.18. The number of ether oxygens (including phenoxy) is 1. The minimum atomic E-state index is -0.141. The van der Waals surface area contributed by atoms with Crippen LogP contribution < -0.4 is 15.0 Å². The SMILES string of the molecule is CCOc1ccc(C(=O)N2CCC(NC(=O)c3cc(N4CCCC4)ccn3)CC2)cc1. The molecule has 0 unspecified atom stereocenters. The van der Waals surface area contributed by atoms with E-state index in [0.29, 0.717) is 31.0 Å². The molecule has 0 saturated carbocycles. The van der Waals surface area contributed by atoms with E-state index in [0.717, 1.165) is 37.4 Å². The van der Waals surface area contributed by atoms with Crippen LogP contribution in [0.2, 0.25) is 0 Å². The molecule has 0 aliphatic carbocycles. The topological polar surface area (TPSA) is 74.8 Å². The summed E-state index contributed by atoms with van der Waals surface area (Å²) < 4.78 is 5.44. The molecule has 3 heterocycles. The fourth-order valence-electron chi connectivity index (χ4n) is 4.24. The fraction of sp³-hybridized carbons (Fsp3) is 0.458. The van der Waals surface area contributed by atoms with Gasteiger partial charge in [0.05, 0.1) is 6.61 Å². The van der Waals surface area contributed by atoms with E-state index in [2.05, 4.69) is 15.2 Å². The van der Waals surface area contributed by atoms with Crippen molar-refractivity contribution < 1.29 is 14.3 Å². The maximum absolute atomic E-state index is 12.8. The van der Waals surface area contributed by atoms with Crippen molar-refractivity contribution in [1.29, 1.82) is 0 Å². The average Bonchev–Trinajstić information content (AvgIpc) is 3.35. The molecule has 0 atom stereocenters. The Morgan fingerprint density at radius 2 is 1.77 bits per heavy atom. The first-order chi connectivity index (χ1) is 15.1. The summed E-state index contributed by atoms with van der Waals surface area (Å²) >= 11 is 0. The monoisotopic (exact) mass is 422 g/mol. The minimum absolute atomic E-state index is 0.0211. The Hall–Kier alpha value is -3.09. The highest BCUT2D eigenvalue weighted by Crippen LogP contribution is 2.21. The number of rotatable bonds is 6. The largest absolute Gasteiger partial charge is 0.494 e. The van der Waals surface area contributed by atoms with Crippen molar-refractivity contribution in [1.82, 2.24) is 15.2 Å². The van der Waals surface area contributed by atoms with Crippen molar-refractivity contribution in [2.45, 2.75) is 38.6 Å². The molecule has 2 amide bonds. The van der Waals surface area contributed by atoms with E-state index in [9.17, 15) is 9.59 Å². The summed E-state index contributed by atoms with van der Waals surface area (Å²) in [6.07, 6.45) is 5.57. The number of amides is 2. The number of nitrogens with one attached hydrogen (secondary N) is 1. The zero-order valence-electron chi connectivity index (χ0n) is 18.0. The van der Waals surface area contributed by atoms with Gasteiger partial charge in [0.2, 0.25) is 0 Å². The van der Waals surface area contributed by atoms with Gasteiger partial charge in [-0.25, -0.2) is 0 Å². The number of likely N-dealkylation sites (tertiary alicyclic amines) is 1. The molecule has 1 aromatic heterocycles. The third-order valence-electron chi connectivity index (χ3n) is 5.98. The maximum atomic E-state index is 12.8. The van der Waals surface area contributed by atoms with E-state index in [1.807, 2.05) is 36.1 Å². The number of anilines is 1. The summed E-state index contributed by atoms with van der Waals surface area (Å²) in [5.74, 6) is 0.646. The van der Waals surface area contributed by atoms with Crippen LogP contribution in [0.15, 0.2) is 42.6 Å². The van der Waals surface area contributed by atoms with Crippen LogP contribution in [0.1, 0.15) is 53.5 Å². The lowest BCUT2D eigenvalue weighted by molar-refractivity contribution is 0.0697. The van der Waals surface area contributed by atoms with Gasteiger partial charge in [0.1, 0.15) is 11.4 Å². The normalized spacial score (nSPS) is 16.9. The van der Waals surface area contributed by atoms with E-state index < -0.39 is 0 Å². The van der Waals surface area contributed by atoms with Crippen molar-refractivity contribution in [3.8, 4) is 5.75 Å². The molecule has 2 fully saturated rings. The van der Waals surface area contributed by atoms with Crippen LogP contribution in [0.3, 0.4) is 0 Å². The molecule has 4 rings (SSSR count). The first-order valence-electron chi connectivity index (χ1n) is 11.2. The number of nitrogens with zero attached hydrogens (tertiary/aromatic N) is 3. The lowest BCUT2D eigenvalue weighted by Gasteiger charge is -2.32. The predicted molar refractivity (Wildman–Crippen MR) is 120 cm³/mol. The third-order valence-corrected chi connectivity index (χ3v) is 5.98. The number of carbonyl (C=O) groups is 2. The zero-order valence-corrected chi connectivity index (χ0v) is 18.0. The first-order valence-corrected chi connectivity index (χ1v) is 11.2. The molecule has 0 bridgehead atoms. The van der Waals surface area contributed by atoms with Crippen molar-refractivity contribution in [2.24, 2.45) is 0 Å². The molecule has 1 aromatic carbocycles. The van der Waals surface area contributed by atoms with Crippen molar-refractivity contribution in [3.63, 3.8) is 0 Å². The molecule has 2 saturated heterocycles. The molecule has 2 aliphatic rings. The molecule has 7 nitrogen and oxygen atoms in total. The number of hydrogen-bond acceptors (Lipinski definition) is 5. The fourth-order valence-corrected chi connectivity index (χ4v) is 4.24. The molecule has 0 radical (unpaired) electrons. The van der Waals surface area contributed by atoms with Gasteiger partial charge in [0, 0.05) is 49.7 Å². The van der Waals surface area contributed by atoms with Gasteiger partial charge in [0.25, 0.3) is 11.8 Å². The van der Waals surface area contributed by atoms with Gasteiger partial charge >= 0.3 is 0 Å². The highest BCUT2D eigenvalue weighted by molar-refractivity contribution is 5.95. The second-order valence-corrected chi connectivity index (χ2v) is 8.09. The van der Waals surface area contributed by atoms with Crippen LogP contribution in [0, 0.1) is 0 Å². The predicted octanol–water partition coefficient (Wildman–Crippen LogP) is 3.12. The Labute approximate surface area is 183 Å². The van der Waals surface area contributed by atoms with E-state index in [1.165, 1.54) is 12.8 Å². The molecule has 2 aromatic rings. The van der Waals surface area contributed by atoms with Gasteiger partial charge in [-0.2, -0.15) is 0 Å². The van der Waals surface area contributed by atoms with E-state index in [4.69, 9.17) is 4.74 Å². The average molecular weight is 423 g/mol. The smallest absolute Gasteiger partial charge is 0.270 e. The van der Waals surface area contributed by atoms with Gasteiger partial charge in [-0.15, -0.1) is 0 Å². The van der Waals surface area contributed by atoms with Crippen LogP contribution in [-0.4, -0.2) is 60.5 Å². The lowest BCUT2D eigenvalue weighted by Crippen LogP contribution is -2.46. The van der Waals surface area contributed by atoms with Crippen LogP contribution >= 0.6 is 0 Å².